The predicted octanol–water partition coefficient (Wildman–Crippen LogP) is 1.77. The standard InChI is InChI=1S/C13H22N4O/c1-8(2)17-10(4)13(9(3)16-17)15-12(18)7-14-11-5-6-11/h8,11,14H,5-7H2,1-4H3,(H,15,18). The molecule has 1 aromatic heterocycles. The molecule has 1 aliphatic rings. The molecule has 0 aliphatic heterocycles. The largest absolute Gasteiger partial charge is 0.322 e. The van der Waals surface area contributed by atoms with E-state index in [2.05, 4.69) is 29.6 Å². The first kappa shape index (κ1) is 13.1. The Hall–Kier alpha value is -1.36. The van der Waals surface area contributed by atoms with Gasteiger partial charge in [0.25, 0.3) is 0 Å². The monoisotopic (exact) mass is 250 g/mol. The van der Waals surface area contributed by atoms with Crippen molar-refractivity contribution in [1.82, 2.24) is 15.1 Å². The van der Waals surface area contributed by atoms with Gasteiger partial charge in [0.2, 0.25) is 5.91 Å². The quantitative estimate of drug-likeness (QED) is 0.837. The van der Waals surface area contributed by atoms with Crippen LogP contribution < -0.4 is 10.6 Å². The van der Waals surface area contributed by atoms with Crippen molar-refractivity contribution in [2.24, 2.45) is 0 Å². The molecular weight excluding hydrogens is 228 g/mol. The second-order valence-electron chi connectivity index (χ2n) is 5.29. The van der Waals surface area contributed by atoms with Crippen LogP contribution in [0.3, 0.4) is 0 Å². The first-order valence-electron chi connectivity index (χ1n) is 6.58. The smallest absolute Gasteiger partial charge is 0.238 e. The molecule has 0 atom stereocenters. The van der Waals surface area contributed by atoms with E-state index >= 15 is 0 Å². The van der Waals surface area contributed by atoms with E-state index in [4.69, 9.17) is 0 Å². The molecule has 1 saturated carbocycles. The number of aromatic nitrogens is 2. The van der Waals surface area contributed by atoms with Gasteiger partial charge in [-0.1, -0.05) is 0 Å². The zero-order valence-corrected chi connectivity index (χ0v) is 11.6. The number of carbonyl (C=O) groups is 1. The maximum Gasteiger partial charge on any atom is 0.238 e. The highest BCUT2D eigenvalue weighted by Gasteiger charge is 2.22. The molecule has 0 aromatic carbocycles. The Morgan fingerprint density at radius 1 is 1.44 bits per heavy atom. The number of anilines is 1. The Morgan fingerprint density at radius 2 is 2.11 bits per heavy atom. The maximum atomic E-state index is 11.8. The van der Waals surface area contributed by atoms with Crippen molar-refractivity contribution in [2.75, 3.05) is 11.9 Å². The zero-order chi connectivity index (χ0) is 13.3. The van der Waals surface area contributed by atoms with Crippen LogP contribution in [-0.4, -0.2) is 28.3 Å². The number of carbonyl (C=O) groups excluding carboxylic acids is 1. The first-order chi connectivity index (χ1) is 8.49. The molecule has 0 saturated heterocycles. The van der Waals surface area contributed by atoms with Gasteiger partial charge >= 0.3 is 0 Å². The second kappa shape index (κ2) is 5.10. The molecule has 18 heavy (non-hydrogen) atoms. The van der Waals surface area contributed by atoms with E-state index < -0.39 is 0 Å². The molecule has 5 nitrogen and oxygen atoms in total. The van der Waals surface area contributed by atoms with Gasteiger partial charge in [-0.3, -0.25) is 9.48 Å². The molecule has 0 unspecified atom stereocenters. The van der Waals surface area contributed by atoms with Crippen LogP contribution >= 0.6 is 0 Å². The fraction of sp³-hybridized carbons (Fsp3) is 0.692. The molecule has 1 aromatic rings. The lowest BCUT2D eigenvalue weighted by Crippen LogP contribution is -2.29. The number of amides is 1. The molecule has 0 spiro atoms. The molecular formula is C13H22N4O. The van der Waals surface area contributed by atoms with E-state index in [1.807, 2.05) is 18.5 Å². The third-order valence-electron chi connectivity index (χ3n) is 3.21. The average molecular weight is 250 g/mol. The van der Waals surface area contributed by atoms with Gasteiger partial charge in [0.1, 0.15) is 0 Å². The van der Waals surface area contributed by atoms with Gasteiger partial charge < -0.3 is 10.6 Å². The highest BCUT2D eigenvalue weighted by Crippen LogP contribution is 2.22. The summed E-state index contributed by atoms with van der Waals surface area (Å²) < 4.78 is 1.94. The topological polar surface area (TPSA) is 59.0 Å². The van der Waals surface area contributed by atoms with Crippen LogP contribution in [0.15, 0.2) is 0 Å². The summed E-state index contributed by atoms with van der Waals surface area (Å²) in [4.78, 5) is 11.8. The summed E-state index contributed by atoms with van der Waals surface area (Å²) in [5, 5.41) is 10.6. The summed E-state index contributed by atoms with van der Waals surface area (Å²) in [6.07, 6.45) is 2.38. The van der Waals surface area contributed by atoms with Crippen LogP contribution in [0.2, 0.25) is 0 Å². The van der Waals surface area contributed by atoms with Gasteiger partial charge in [0.05, 0.1) is 23.6 Å². The van der Waals surface area contributed by atoms with Gasteiger partial charge in [-0.25, -0.2) is 0 Å². The highest BCUT2D eigenvalue weighted by molar-refractivity contribution is 5.93. The molecule has 2 rings (SSSR count). The lowest BCUT2D eigenvalue weighted by Gasteiger charge is -2.09. The third-order valence-corrected chi connectivity index (χ3v) is 3.21. The normalized spacial score (nSPS) is 15.2. The number of rotatable bonds is 5. The van der Waals surface area contributed by atoms with E-state index in [0.29, 0.717) is 18.6 Å². The van der Waals surface area contributed by atoms with Gasteiger partial charge in [0, 0.05) is 12.1 Å². The number of aryl methyl sites for hydroxylation is 1. The molecule has 5 heteroatoms. The van der Waals surface area contributed by atoms with E-state index in [9.17, 15) is 4.79 Å². The van der Waals surface area contributed by atoms with Crippen LogP contribution in [-0.2, 0) is 4.79 Å². The molecule has 2 N–H and O–H groups in total. The van der Waals surface area contributed by atoms with Gasteiger partial charge in [-0.05, 0) is 40.5 Å². The first-order valence-corrected chi connectivity index (χ1v) is 6.58. The van der Waals surface area contributed by atoms with Crippen molar-refractivity contribution in [3.8, 4) is 0 Å². The minimum Gasteiger partial charge on any atom is -0.322 e. The molecule has 1 fully saturated rings. The lowest BCUT2D eigenvalue weighted by atomic mass is 10.3. The van der Waals surface area contributed by atoms with Crippen molar-refractivity contribution < 1.29 is 4.79 Å². The van der Waals surface area contributed by atoms with Crippen molar-refractivity contribution in [2.45, 2.75) is 52.6 Å². The van der Waals surface area contributed by atoms with Crippen LogP contribution in [0, 0.1) is 13.8 Å². The molecule has 1 aliphatic carbocycles. The summed E-state index contributed by atoms with van der Waals surface area (Å²) in [6, 6.07) is 0.857. The minimum absolute atomic E-state index is 0.0106. The molecule has 100 valence electrons. The molecule has 1 heterocycles. The van der Waals surface area contributed by atoms with E-state index in [-0.39, 0.29) is 5.91 Å². The lowest BCUT2D eigenvalue weighted by molar-refractivity contribution is -0.115. The third kappa shape index (κ3) is 2.90. The van der Waals surface area contributed by atoms with Crippen molar-refractivity contribution in [1.29, 1.82) is 0 Å². The fourth-order valence-electron chi connectivity index (χ4n) is 2.05. The summed E-state index contributed by atoms with van der Waals surface area (Å²) >= 11 is 0. The molecule has 0 bridgehead atoms. The minimum atomic E-state index is 0.0106. The number of nitrogens with one attached hydrogen (secondary N) is 2. The molecule has 0 radical (unpaired) electrons. The fourth-order valence-corrected chi connectivity index (χ4v) is 2.05. The summed E-state index contributed by atoms with van der Waals surface area (Å²) in [7, 11) is 0. The maximum absolute atomic E-state index is 11.8. The molecule has 1 amide bonds. The Kier molecular flexibility index (Phi) is 3.71. The summed E-state index contributed by atoms with van der Waals surface area (Å²) in [5.41, 5.74) is 2.74. The average Bonchev–Trinajstić information content (AvgIpc) is 3.08. The highest BCUT2D eigenvalue weighted by atomic mass is 16.1. The number of hydrogen-bond acceptors (Lipinski definition) is 3. The number of nitrogens with zero attached hydrogens (tertiary/aromatic N) is 2. The summed E-state index contributed by atoms with van der Waals surface area (Å²) in [5.74, 6) is 0.0106. The van der Waals surface area contributed by atoms with E-state index in [0.717, 1.165) is 17.1 Å². The van der Waals surface area contributed by atoms with Gasteiger partial charge in [-0.2, -0.15) is 5.10 Å². The predicted molar refractivity (Wildman–Crippen MR) is 71.7 cm³/mol. The van der Waals surface area contributed by atoms with Gasteiger partial charge in [-0.15, -0.1) is 0 Å². The van der Waals surface area contributed by atoms with Crippen molar-refractivity contribution in [3.63, 3.8) is 0 Å². The summed E-state index contributed by atoms with van der Waals surface area (Å²) in [6.45, 7) is 8.47. The Morgan fingerprint density at radius 3 is 2.61 bits per heavy atom. The number of hydrogen-bond donors (Lipinski definition) is 2. The van der Waals surface area contributed by atoms with Crippen LogP contribution in [0.5, 0.6) is 0 Å². The Bertz CT molecular complexity index is 446. The van der Waals surface area contributed by atoms with Crippen LogP contribution in [0.25, 0.3) is 0 Å². The zero-order valence-electron chi connectivity index (χ0n) is 11.6. The second-order valence-corrected chi connectivity index (χ2v) is 5.29. The SMILES string of the molecule is Cc1nn(C(C)C)c(C)c1NC(=O)CNC1CC1. The van der Waals surface area contributed by atoms with Crippen molar-refractivity contribution >= 4 is 11.6 Å². The van der Waals surface area contributed by atoms with E-state index in [1.165, 1.54) is 12.8 Å². The Balaban J connectivity index is 2.01. The van der Waals surface area contributed by atoms with E-state index in [1.54, 1.807) is 0 Å². The van der Waals surface area contributed by atoms with Gasteiger partial charge in [0.15, 0.2) is 0 Å². The van der Waals surface area contributed by atoms with Crippen LogP contribution in [0.4, 0.5) is 5.69 Å². The van der Waals surface area contributed by atoms with Crippen LogP contribution in [0.1, 0.15) is 44.1 Å². The Labute approximate surface area is 108 Å². The van der Waals surface area contributed by atoms with Crippen molar-refractivity contribution in [3.05, 3.63) is 11.4 Å².